The zero-order valence-corrected chi connectivity index (χ0v) is 56.6. The van der Waals surface area contributed by atoms with E-state index in [0.717, 1.165) is 57.3 Å². The number of carbonyl (C=O) groups is 4. The van der Waals surface area contributed by atoms with Gasteiger partial charge >= 0.3 is 23.9 Å². The Morgan fingerprint density at radius 3 is 0.848 bits per heavy atom. The normalized spacial score (nSPS) is 20.2. The second-order valence-electron chi connectivity index (χ2n) is 27.0. The topological polar surface area (TPSA) is 313 Å². The molecule has 16 N–H and O–H groups in total. The summed E-state index contributed by atoms with van der Waals surface area (Å²) in [5, 5.41) is 0. The summed E-state index contributed by atoms with van der Waals surface area (Å²) < 4.78 is 49.8. The highest BCUT2D eigenvalue weighted by Gasteiger charge is 2.30. The Balaban J connectivity index is 0.000000168. The molecule has 524 valence electrons. The van der Waals surface area contributed by atoms with Crippen molar-refractivity contribution in [1.29, 1.82) is 0 Å². The van der Waals surface area contributed by atoms with Crippen molar-refractivity contribution >= 4 is 69.4 Å². The highest BCUT2D eigenvalue weighted by atomic mass is 19.1. The van der Waals surface area contributed by atoms with E-state index in [-0.39, 0.29) is 49.2 Å². The number of hydrogen-bond donors (Lipinski definition) is 8. The van der Waals surface area contributed by atoms with Crippen LogP contribution in [-0.2, 0) is 14.2 Å². The van der Waals surface area contributed by atoms with Gasteiger partial charge in [0, 0.05) is 51.1 Å². The lowest BCUT2D eigenvalue weighted by molar-refractivity contribution is 0.0186. The van der Waals surface area contributed by atoms with Gasteiger partial charge in [-0.05, 0) is 260 Å². The third-order valence-corrected chi connectivity index (χ3v) is 19.1. The van der Waals surface area contributed by atoms with Gasteiger partial charge in [0.15, 0.2) is 0 Å². The van der Waals surface area contributed by atoms with E-state index in [1.54, 1.807) is 60.7 Å². The van der Waals surface area contributed by atoms with E-state index in [1.165, 1.54) is 84.7 Å². The average Bonchev–Trinajstić information content (AvgIpc) is 1.01. The van der Waals surface area contributed by atoms with Crippen molar-refractivity contribution in [2.24, 2.45) is 5.92 Å². The minimum absolute atomic E-state index is 0. The molecule has 8 aromatic rings. The molecule has 0 aromatic heterocycles. The van der Waals surface area contributed by atoms with Crippen LogP contribution in [-0.4, -0.2) is 42.2 Å². The van der Waals surface area contributed by atoms with Gasteiger partial charge in [0.25, 0.3) is 0 Å². The molecule has 0 unspecified atom stereocenters. The van der Waals surface area contributed by atoms with E-state index in [2.05, 4.69) is 81.4 Å². The molecule has 0 heterocycles. The molecule has 8 aromatic carbocycles. The lowest BCUT2D eigenvalue weighted by Crippen LogP contribution is -2.24. The van der Waals surface area contributed by atoms with Crippen LogP contribution >= 0.6 is 0 Å². The standard InChI is InChI=1S/C20H22F2N2O2.3C20H24N2O2.CH4/c1-11-18(21)8-13(9-19(11)22)12-2-4-17(5-3-12)26-20(25)14-6-15(23)10-16(24)7-14;3*1-13-2-4-14(5-3-13)15-6-8-19(9-7-15)24-20(23)16-10-17(21)12-18(22)11-16;/h6-10,12,17H,2-5,23-24H2,1H3;6-14H,2-5,21-22H2,1H3;2*2-5,10-12,15,19H,6-9,21-22H2,1H3;1H4. The van der Waals surface area contributed by atoms with E-state index in [1.807, 2.05) is 12.1 Å². The van der Waals surface area contributed by atoms with Gasteiger partial charge in [-0.25, -0.2) is 28.0 Å². The van der Waals surface area contributed by atoms with E-state index >= 15 is 0 Å². The lowest BCUT2D eigenvalue weighted by atomic mass is 9.79. The Bertz CT molecular complexity index is 3790. The number of ether oxygens (including phenoxy) is 4. The van der Waals surface area contributed by atoms with Crippen LogP contribution in [0.2, 0.25) is 0 Å². The molecule has 0 radical (unpaired) electrons. The molecule has 4 aliphatic rings. The molecular weight excluding hydrogens is 1250 g/mol. The highest BCUT2D eigenvalue weighted by Crippen LogP contribution is 2.40. The van der Waals surface area contributed by atoms with Crippen LogP contribution in [0.1, 0.15) is 221 Å². The Labute approximate surface area is 581 Å². The maximum Gasteiger partial charge on any atom is 0.343 e. The second kappa shape index (κ2) is 34.9. The van der Waals surface area contributed by atoms with Crippen molar-refractivity contribution in [3.05, 3.63) is 231 Å². The zero-order valence-electron chi connectivity index (χ0n) is 56.6. The van der Waals surface area contributed by atoms with E-state index in [0.29, 0.717) is 123 Å². The molecule has 0 saturated heterocycles. The molecular formula is C81H98F2N8O8. The third-order valence-electron chi connectivity index (χ3n) is 19.1. The first-order valence-electron chi connectivity index (χ1n) is 34.0. The number of aryl methyl sites for hydroxylation is 2. The Hall–Kier alpha value is -10.1. The summed E-state index contributed by atoms with van der Waals surface area (Å²) in [5.41, 5.74) is 58.3. The zero-order chi connectivity index (χ0) is 70.2. The number of esters is 4. The van der Waals surface area contributed by atoms with Crippen LogP contribution in [0, 0.1) is 38.3 Å². The van der Waals surface area contributed by atoms with Gasteiger partial charge in [0.1, 0.15) is 35.7 Å². The number of hydrogen-bond acceptors (Lipinski definition) is 16. The monoisotopic (exact) mass is 1350 g/mol. The Kier molecular flexibility index (Phi) is 26.3. The van der Waals surface area contributed by atoms with Crippen molar-refractivity contribution in [2.75, 3.05) is 45.9 Å². The highest BCUT2D eigenvalue weighted by molar-refractivity contribution is 5.94. The first-order valence-corrected chi connectivity index (χ1v) is 34.0. The predicted molar refractivity (Wildman–Crippen MR) is 394 cm³/mol. The van der Waals surface area contributed by atoms with Crippen LogP contribution in [0.5, 0.6) is 5.75 Å². The van der Waals surface area contributed by atoms with Gasteiger partial charge in [-0.15, -0.1) is 0 Å². The van der Waals surface area contributed by atoms with Crippen molar-refractivity contribution < 1.29 is 46.9 Å². The molecule has 0 aliphatic heterocycles. The SMILES string of the molecule is C.CC1CCC(c2ccc(OC(=O)c3cc(N)cc(N)c3)cc2)CC1.Cc1c(F)cc(C2CCC(OC(=O)c3cc(N)cc(N)c3)CC2)cc1F.Cc1ccc(C2CCC(OC(=O)c3cc(N)cc(N)c3)CC2)cc1.Cc1ccc(C2CCC(OC(=O)c3cc(N)cc(N)c3)CC2)cc1. The molecule has 18 heteroatoms. The molecule has 12 rings (SSSR count). The molecule has 0 atom stereocenters. The van der Waals surface area contributed by atoms with Crippen LogP contribution in [0.3, 0.4) is 0 Å². The van der Waals surface area contributed by atoms with E-state index in [4.69, 9.17) is 64.8 Å². The van der Waals surface area contributed by atoms with Gasteiger partial charge in [0.2, 0.25) is 0 Å². The molecule has 0 bridgehead atoms. The maximum absolute atomic E-state index is 13.8. The first kappa shape index (κ1) is 74.7. The Morgan fingerprint density at radius 2 is 0.566 bits per heavy atom. The van der Waals surface area contributed by atoms with Crippen molar-refractivity contribution in [3.8, 4) is 5.75 Å². The van der Waals surface area contributed by atoms with Crippen LogP contribution < -0.4 is 50.6 Å². The van der Waals surface area contributed by atoms with Crippen molar-refractivity contribution in [2.45, 2.75) is 180 Å². The van der Waals surface area contributed by atoms with Crippen molar-refractivity contribution in [1.82, 2.24) is 0 Å². The number of rotatable bonds is 12. The van der Waals surface area contributed by atoms with E-state index < -0.39 is 23.6 Å². The molecule has 4 aliphatic carbocycles. The summed E-state index contributed by atoms with van der Waals surface area (Å²) in [4.78, 5) is 49.0. The number of benzene rings is 8. The first-order chi connectivity index (χ1) is 46.9. The minimum Gasteiger partial charge on any atom is -0.459 e. The van der Waals surface area contributed by atoms with Gasteiger partial charge in [0.05, 0.1) is 22.3 Å². The molecule has 0 spiro atoms. The summed E-state index contributed by atoms with van der Waals surface area (Å²) in [6.45, 7) is 7.95. The van der Waals surface area contributed by atoms with Gasteiger partial charge in [-0.2, -0.15) is 0 Å². The molecule has 4 fully saturated rings. The van der Waals surface area contributed by atoms with Gasteiger partial charge < -0.3 is 64.8 Å². The summed E-state index contributed by atoms with van der Waals surface area (Å²) in [6.07, 6.45) is 15.2. The number of carbonyl (C=O) groups excluding carboxylic acids is 4. The Morgan fingerprint density at radius 1 is 0.323 bits per heavy atom. The molecule has 99 heavy (non-hydrogen) atoms. The summed E-state index contributed by atoms with van der Waals surface area (Å²) in [5.74, 6) is 0.555. The molecule has 0 amide bonds. The molecule has 4 saturated carbocycles. The average molecular weight is 1350 g/mol. The van der Waals surface area contributed by atoms with Gasteiger partial charge in [-0.1, -0.05) is 99.0 Å². The van der Waals surface area contributed by atoms with Gasteiger partial charge in [-0.3, -0.25) is 0 Å². The predicted octanol–water partition coefficient (Wildman–Crippen LogP) is 17.4. The maximum atomic E-state index is 13.8. The number of anilines is 8. The van der Waals surface area contributed by atoms with Crippen molar-refractivity contribution in [3.63, 3.8) is 0 Å². The fourth-order valence-electron chi connectivity index (χ4n) is 13.5. The smallest absolute Gasteiger partial charge is 0.343 e. The lowest BCUT2D eigenvalue weighted by Gasteiger charge is -2.29. The third kappa shape index (κ3) is 21.9. The largest absolute Gasteiger partial charge is 0.459 e. The summed E-state index contributed by atoms with van der Waals surface area (Å²) in [7, 11) is 0. The number of halogens is 2. The minimum atomic E-state index is -0.521. The summed E-state index contributed by atoms with van der Waals surface area (Å²) in [6, 6.07) is 47.2. The van der Waals surface area contributed by atoms with Crippen LogP contribution in [0.4, 0.5) is 54.3 Å². The quantitative estimate of drug-likeness (QED) is 0.0244. The fourth-order valence-corrected chi connectivity index (χ4v) is 13.5. The van der Waals surface area contributed by atoms with Crippen LogP contribution in [0.15, 0.2) is 158 Å². The second-order valence-corrected chi connectivity index (χ2v) is 27.0. The molecule has 16 nitrogen and oxygen atoms in total. The van der Waals surface area contributed by atoms with E-state index in [9.17, 15) is 28.0 Å². The number of nitrogens with two attached hydrogens (primary N) is 8. The summed E-state index contributed by atoms with van der Waals surface area (Å²) >= 11 is 0. The van der Waals surface area contributed by atoms with Crippen LogP contribution in [0.25, 0.3) is 0 Å². The number of nitrogen functional groups attached to an aromatic ring is 8. The fraction of sp³-hybridized carbons (Fsp3) is 0.358.